The molecule has 1 heterocycles. The van der Waals surface area contributed by atoms with Crippen LogP contribution in [0.4, 0.5) is 5.69 Å². The van der Waals surface area contributed by atoms with E-state index < -0.39 is 12.1 Å². The van der Waals surface area contributed by atoms with Crippen LogP contribution in [0, 0.1) is 5.92 Å². The summed E-state index contributed by atoms with van der Waals surface area (Å²) in [6, 6.07) is 6.24. The number of methoxy groups -OCH3 is 1. The number of carbonyl (C=O) groups excluding carboxylic acids is 2. The number of hydrogen-bond acceptors (Lipinski definition) is 3. The summed E-state index contributed by atoms with van der Waals surface area (Å²) in [7, 11) is 1.59. The second-order valence-corrected chi connectivity index (χ2v) is 5.77. The van der Waals surface area contributed by atoms with Gasteiger partial charge >= 0.3 is 0 Å². The highest BCUT2D eigenvalue weighted by atomic mass is 16.5. The molecule has 1 N–H and O–H groups in total. The number of carbonyl (C=O) groups is 2. The maximum absolute atomic E-state index is 12.7. The van der Waals surface area contributed by atoms with E-state index in [0.717, 1.165) is 11.4 Å². The summed E-state index contributed by atoms with van der Waals surface area (Å²) in [5, 5.41) is 2.81. The zero-order valence-corrected chi connectivity index (χ0v) is 12.9. The molecule has 1 fully saturated rings. The van der Waals surface area contributed by atoms with Gasteiger partial charge in [0.1, 0.15) is 17.8 Å². The highest BCUT2D eigenvalue weighted by molar-refractivity contribution is 6.08. The zero-order chi connectivity index (χ0) is 15.6. The van der Waals surface area contributed by atoms with Crippen LogP contribution in [0.3, 0.4) is 0 Å². The van der Waals surface area contributed by atoms with Crippen molar-refractivity contribution in [2.75, 3.05) is 12.0 Å². The molecule has 21 heavy (non-hydrogen) atoms. The first kappa shape index (κ1) is 15.4. The van der Waals surface area contributed by atoms with Gasteiger partial charge in [0.25, 0.3) is 0 Å². The van der Waals surface area contributed by atoms with Crippen LogP contribution in [0.2, 0.25) is 0 Å². The molecule has 0 radical (unpaired) electrons. The lowest BCUT2D eigenvalue weighted by Crippen LogP contribution is -2.63. The predicted molar refractivity (Wildman–Crippen MR) is 81.3 cm³/mol. The molecule has 1 aliphatic heterocycles. The van der Waals surface area contributed by atoms with E-state index in [-0.39, 0.29) is 11.8 Å². The first-order valence-corrected chi connectivity index (χ1v) is 7.21. The summed E-state index contributed by atoms with van der Waals surface area (Å²) < 4.78 is 5.12. The molecule has 2 atom stereocenters. The van der Waals surface area contributed by atoms with E-state index in [1.165, 1.54) is 0 Å². The molecule has 0 saturated carbocycles. The van der Waals surface area contributed by atoms with Crippen LogP contribution in [0.1, 0.15) is 27.2 Å². The second-order valence-electron chi connectivity index (χ2n) is 5.77. The number of nitrogens with one attached hydrogen (secondary N) is 1. The number of rotatable bonds is 4. The van der Waals surface area contributed by atoms with Crippen LogP contribution >= 0.6 is 0 Å². The number of piperazine rings is 1. The number of benzene rings is 1. The van der Waals surface area contributed by atoms with Crippen molar-refractivity contribution in [1.82, 2.24) is 5.32 Å². The molecular formula is C16H22N2O3. The Labute approximate surface area is 125 Å². The summed E-state index contributed by atoms with van der Waals surface area (Å²) >= 11 is 0. The standard InChI is InChI=1S/C16H22N2O3/c1-10(2)9-14-16(20)18(11(3)15(19)17-14)12-5-7-13(21-4)8-6-12/h5-8,10-11,14H,9H2,1-4H3,(H,17,19). The number of ether oxygens (including phenoxy) is 1. The molecular weight excluding hydrogens is 268 g/mol. The van der Waals surface area contributed by atoms with Gasteiger partial charge in [0, 0.05) is 5.69 Å². The van der Waals surface area contributed by atoms with Gasteiger partial charge in [-0.15, -0.1) is 0 Å². The van der Waals surface area contributed by atoms with Gasteiger partial charge in [0.2, 0.25) is 11.8 Å². The minimum absolute atomic E-state index is 0.0547. The minimum atomic E-state index is -0.505. The van der Waals surface area contributed by atoms with Crippen LogP contribution in [0.15, 0.2) is 24.3 Å². The monoisotopic (exact) mass is 290 g/mol. The Balaban J connectivity index is 2.29. The molecule has 2 unspecified atom stereocenters. The minimum Gasteiger partial charge on any atom is -0.497 e. The summed E-state index contributed by atoms with van der Waals surface area (Å²) in [6.07, 6.45) is 0.643. The second kappa shape index (κ2) is 6.16. The lowest BCUT2D eigenvalue weighted by atomic mass is 9.98. The van der Waals surface area contributed by atoms with Gasteiger partial charge in [-0.3, -0.25) is 14.5 Å². The van der Waals surface area contributed by atoms with Crippen molar-refractivity contribution >= 4 is 17.5 Å². The maximum Gasteiger partial charge on any atom is 0.250 e. The van der Waals surface area contributed by atoms with Gasteiger partial charge in [-0.2, -0.15) is 0 Å². The molecule has 0 spiro atoms. The average molecular weight is 290 g/mol. The van der Waals surface area contributed by atoms with Gasteiger partial charge in [0.05, 0.1) is 7.11 Å². The fraction of sp³-hybridized carbons (Fsp3) is 0.500. The van der Waals surface area contributed by atoms with E-state index in [0.29, 0.717) is 12.3 Å². The van der Waals surface area contributed by atoms with Crippen molar-refractivity contribution in [2.24, 2.45) is 5.92 Å². The fourth-order valence-electron chi connectivity index (χ4n) is 2.55. The SMILES string of the molecule is COc1ccc(N2C(=O)C(CC(C)C)NC(=O)C2C)cc1. The largest absolute Gasteiger partial charge is 0.497 e. The maximum atomic E-state index is 12.7. The molecule has 1 saturated heterocycles. The third-order valence-electron chi connectivity index (χ3n) is 3.68. The molecule has 1 aromatic rings. The molecule has 0 aromatic heterocycles. The highest BCUT2D eigenvalue weighted by Crippen LogP contribution is 2.25. The smallest absolute Gasteiger partial charge is 0.250 e. The van der Waals surface area contributed by atoms with Crippen molar-refractivity contribution < 1.29 is 14.3 Å². The van der Waals surface area contributed by atoms with Crippen LogP contribution in [0.25, 0.3) is 0 Å². The first-order valence-electron chi connectivity index (χ1n) is 7.21. The summed E-state index contributed by atoms with van der Waals surface area (Å²) in [5.74, 6) is 0.890. The topological polar surface area (TPSA) is 58.6 Å². The van der Waals surface area contributed by atoms with Crippen LogP contribution < -0.4 is 15.0 Å². The Morgan fingerprint density at radius 2 is 1.86 bits per heavy atom. The van der Waals surface area contributed by atoms with Gasteiger partial charge in [-0.05, 0) is 43.5 Å². The van der Waals surface area contributed by atoms with Crippen molar-refractivity contribution in [3.05, 3.63) is 24.3 Å². The van der Waals surface area contributed by atoms with Gasteiger partial charge < -0.3 is 10.1 Å². The quantitative estimate of drug-likeness (QED) is 0.922. The molecule has 1 aliphatic rings. The molecule has 5 nitrogen and oxygen atoms in total. The molecule has 2 amide bonds. The van der Waals surface area contributed by atoms with E-state index in [4.69, 9.17) is 4.74 Å². The molecule has 5 heteroatoms. The highest BCUT2D eigenvalue weighted by Gasteiger charge is 2.38. The van der Waals surface area contributed by atoms with Crippen molar-refractivity contribution in [3.8, 4) is 5.75 Å². The van der Waals surface area contributed by atoms with Gasteiger partial charge in [-0.25, -0.2) is 0 Å². The van der Waals surface area contributed by atoms with Crippen LogP contribution in [-0.2, 0) is 9.59 Å². The third kappa shape index (κ3) is 3.17. The Morgan fingerprint density at radius 3 is 2.38 bits per heavy atom. The molecule has 1 aromatic carbocycles. The lowest BCUT2D eigenvalue weighted by Gasteiger charge is -2.38. The third-order valence-corrected chi connectivity index (χ3v) is 3.68. The normalized spacial score (nSPS) is 22.4. The van der Waals surface area contributed by atoms with Crippen molar-refractivity contribution in [3.63, 3.8) is 0 Å². The summed E-state index contributed by atoms with van der Waals surface area (Å²) in [6.45, 7) is 5.81. The van der Waals surface area contributed by atoms with Gasteiger partial charge in [-0.1, -0.05) is 13.8 Å². The zero-order valence-electron chi connectivity index (χ0n) is 12.9. The van der Waals surface area contributed by atoms with E-state index in [1.54, 1.807) is 43.2 Å². The Bertz CT molecular complexity index is 525. The number of amides is 2. The van der Waals surface area contributed by atoms with E-state index in [9.17, 15) is 9.59 Å². The van der Waals surface area contributed by atoms with E-state index in [1.807, 2.05) is 13.8 Å². The number of anilines is 1. The Hall–Kier alpha value is -2.04. The molecule has 0 bridgehead atoms. The fourth-order valence-corrected chi connectivity index (χ4v) is 2.55. The van der Waals surface area contributed by atoms with Crippen molar-refractivity contribution in [1.29, 1.82) is 0 Å². The number of nitrogens with zero attached hydrogens (tertiary/aromatic N) is 1. The molecule has 0 aliphatic carbocycles. The lowest BCUT2D eigenvalue weighted by molar-refractivity contribution is -0.133. The Morgan fingerprint density at radius 1 is 1.24 bits per heavy atom. The molecule has 114 valence electrons. The molecule has 2 rings (SSSR count). The summed E-state index contributed by atoms with van der Waals surface area (Å²) in [4.78, 5) is 26.3. The Kier molecular flexibility index (Phi) is 4.50. The van der Waals surface area contributed by atoms with E-state index in [2.05, 4.69) is 5.32 Å². The first-order chi connectivity index (χ1) is 9.93. The van der Waals surface area contributed by atoms with E-state index >= 15 is 0 Å². The average Bonchev–Trinajstić information content (AvgIpc) is 2.45. The van der Waals surface area contributed by atoms with Gasteiger partial charge in [0.15, 0.2) is 0 Å². The predicted octanol–water partition coefficient (Wildman–Crippen LogP) is 1.96. The van der Waals surface area contributed by atoms with Crippen LogP contribution in [0.5, 0.6) is 5.75 Å². The van der Waals surface area contributed by atoms with Crippen LogP contribution in [-0.4, -0.2) is 31.0 Å². The van der Waals surface area contributed by atoms with Crippen molar-refractivity contribution in [2.45, 2.75) is 39.3 Å². The summed E-state index contributed by atoms with van der Waals surface area (Å²) in [5.41, 5.74) is 0.719. The number of hydrogen-bond donors (Lipinski definition) is 1.